The van der Waals surface area contributed by atoms with E-state index in [0.29, 0.717) is 28.8 Å². The molecule has 30 heavy (non-hydrogen) atoms. The average Bonchev–Trinajstić information content (AvgIpc) is 3.30. The molecule has 0 amide bonds. The number of para-hydroxylation sites is 1. The summed E-state index contributed by atoms with van der Waals surface area (Å²) < 4.78 is 6.92. The van der Waals surface area contributed by atoms with Gasteiger partial charge in [-0.2, -0.15) is 0 Å². The smallest absolute Gasteiger partial charge is 0.258 e. The maximum atomic E-state index is 12.3. The van der Waals surface area contributed by atoms with Gasteiger partial charge in [-0.15, -0.1) is 0 Å². The van der Waals surface area contributed by atoms with Crippen molar-refractivity contribution in [2.45, 2.75) is 17.5 Å². The van der Waals surface area contributed by atoms with Gasteiger partial charge in [-0.05, 0) is 36.4 Å². The molecule has 0 unspecified atom stereocenters. The van der Waals surface area contributed by atoms with Gasteiger partial charge in [-0.25, -0.2) is 15.0 Å². The molecule has 0 atom stereocenters. The lowest BCUT2D eigenvalue weighted by atomic mass is 10.2. The van der Waals surface area contributed by atoms with Crippen molar-refractivity contribution in [3.63, 3.8) is 0 Å². The number of hydrogen-bond donors (Lipinski definition) is 1. The van der Waals surface area contributed by atoms with E-state index in [2.05, 4.69) is 20.3 Å². The average molecular weight is 415 g/mol. The number of hydrogen-bond acceptors (Lipinski definition) is 7. The molecule has 7 nitrogen and oxygen atoms in total. The van der Waals surface area contributed by atoms with Crippen LogP contribution >= 0.6 is 11.8 Å². The van der Waals surface area contributed by atoms with Crippen LogP contribution in [0.5, 0.6) is 0 Å². The summed E-state index contributed by atoms with van der Waals surface area (Å²) in [6, 6.07) is 18.7. The van der Waals surface area contributed by atoms with Crippen molar-refractivity contribution in [2.75, 3.05) is 5.32 Å². The molecule has 8 heteroatoms. The molecule has 0 aliphatic rings. The lowest BCUT2D eigenvalue weighted by Gasteiger charge is -2.10. The Bertz CT molecular complexity index is 1380. The fraction of sp³-hybridized carbons (Fsp3) is 0.0909. The third kappa shape index (κ3) is 3.77. The van der Waals surface area contributed by atoms with Crippen LogP contribution in [0.1, 0.15) is 11.5 Å². The number of aromatic nitrogens is 4. The number of fused-ring (bicyclic) bond motifs is 2. The third-order valence-electron chi connectivity index (χ3n) is 4.57. The Morgan fingerprint density at radius 2 is 1.90 bits per heavy atom. The summed E-state index contributed by atoms with van der Waals surface area (Å²) in [7, 11) is 0. The van der Waals surface area contributed by atoms with Gasteiger partial charge in [0.05, 0.1) is 24.0 Å². The Morgan fingerprint density at radius 1 is 1.00 bits per heavy atom. The summed E-state index contributed by atoms with van der Waals surface area (Å²) in [5.74, 6) is 2.06. The van der Waals surface area contributed by atoms with E-state index in [-0.39, 0.29) is 5.56 Å². The third-order valence-corrected chi connectivity index (χ3v) is 5.45. The van der Waals surface area contributed by atoms with Crippen LogP contribution in [0.2, 0.25) is 0 Å². The number of nitrogens with zero attached hydrogens (tertiary/aromatic N) is 4. The fourth-order valence-corrected chi connectivity index (χ4v) is 3.90. The zero-order valence-corrected chi connectivity index (χ0v) is 16.7. The van der Waals surface area contributed by atoms with Crippen LogP contribution in [0.25, 0.3) is 16.6 Å². The van der Waals surface area contributed by atoms with Crippen molar-refractivity contribution in [3.05, 3.63) is 94.9 Å². The molecule has 5 aromatic rings. The number of thioether (sulfide) groups is 1. The minimum atomic E-state index is -0.101. The first-order valence-electron chi connectivity index (χ1n) is 9.39. The van der Waals surface area contributed by atoms with E-state index < -0.39 is 0 Å². The highest BCUT2D eigenvalue weighted by Crippen LogP contribution is 2.26. The molecular formula is C22H17N5O2S. The van der Waals surface area contributed by atoms with Crippen LogP contribution in [0.4, 0.5) is 5.82 Å². The Morgan fingerprint density at radius 3 is 2.80 bits per heavy atom. The second kappa shape index (κ2) is 8.00. The van der Waals surface area contributed by atoms with E-state index in [1.54, 1.807) is 18.5 Å². The van der Waals surface area contributed by atoms with Gasteiger partial charge >= 0.3 is 0 Å². The predicted molar refractivity (Wildman–Crippen MR) is 117 cm³/mol. The van der Waals surface area contributed by atoms with Crippen molar-refractivity contribution < 1.29 is 4.42 Å². The van der Waals surface area contributed by atoms with E-state index >= 15 is 0 Å². The van der Waals surface area contributed by atoms with Crippen molar-refractivity contribution in [1.29, 1.82) is 0 Å². The Balaban J connectivity index is 1.42. The number of pyridine rings is 1. The second-order valence-electron chi connectivity index (χ2n) is 6.61. The maximum absolute atomic E-state index is 12.3. The molecule has 4 aromatic heterocycles. The molecule has 0 saturated heterocycles. The van der Waals surface area contributed by atoms with Gasteiger partial charge in [0.1, 0.15) is 17.2 Å². The van der Waals surface area contributed by atoms with Crippen molar-refractivity contribution in [2.24, 2.45) is 0 Å². The van der Waals surface area contributed by atoms with E-state index in [0.717, 1.165) is 22.5 Å². The molecule has 1 N–H and O–H groups in total. The minimum absolute atomic E-state index is 0.101. The number of anilines is 1. The van der Waals surface area contributed by atoms with Crippen molar-refractivity contribution >= 4 is 34.1 Å². The number of benzene rings is 1. The molecule has 0 spiro atoms. The lowest BCUT2D eigenvalue weighted by Crippen LogP contribution is -2.14. The molecule has 0 aliphatic carbocycles. The zero-order chi connectivity index (χ0) is 20.3. The fourth-order valence-electron chi connectivity index (χ4n) is 3.15. The largest absolute Gasteiger partial charge is 0.467 e. The van der Waals surface area contributed by atoms with Crippen LogP contribution in [-0.2, 0) is 12.3 Å². The normalized spacial score (nSPS) is 11.2. The highest BCUT2D eigenvalue weighted by molar-refractivity contribution is 7.98. The molecule has 0 aliphatic heterocycles. The van der Waals surface area contributed by atoms with E-state index in [9.17, 15) is 4.79 Å². The van der Waals surface area contributed by atoms with Crippen LogP contribution in [0, 0.1) is 0 Å². The van der Waals surface area contributed by atoms with Gasteiger partial charge in [0.25, 0.3) is 5.56 Å². The van der Waals surface area contributed by atoms with E-state index in [4.69, 9.17) is 4.42 Å². The Kier molecular flexibility index (Phi) is 4.90. The van der Waals surface area contributed by atoms with Gasteiger partial charge < -0.3 is 9.73 Å². The summed E-state index contributed by atoms with van der Waals surface area (Å²) in [5.41, 5.74) is 2.07. The first-order chi connectivity index (χ1) is 14.8. The maximum Gasteiger partial charge on any atom is 0.258 e. The summed E-state index contributed by atoms with van der Waals surface area (Å²) in [6.07, 6.45) is 3.36. The molecule has 0 saturated carbocycles. The monoisotopic (exact) mass is 415 g/mol. The van der Waals surface area contributed by atoms with Crippen LogP contribution in [-0.4, -0.2) is 19.4 Å². The van der Waals surface area contributed by atoms with Gasteiger partial charge in [-0.1, -0.05) is 30.0 Å². The molecule has 0 radical (unpaired) electrons. The van der Waals surface area contributed by atoms with Gasteiger partial charge in [0.2, 0.25) is 0 Å². The van der Waals surface area contributed by atoms with E-state index in [1.165, 1.54) is 16.2 Å². The molecule has 1 aromatic carbocycles. The van der Waals surface area contributed by atoms with E-state index in [1.807, 2.05) is 54.6 Å². The molecule has 5 rings (SSSR count). The zero-order valence-electron chi connectivity index (χ0n) is 15.9. The summed E-state index contributed by atoms with van der Waals surface area (Å²) in [6.45, 7) is 0.529. The number of furan rings is 1. The highest BCUT2D eigenvalue weighted by atomic mass is 32.2. The quantitative estimate of drug-likeness (QED) is 0.330. The molecular weight excluding hydrogens is 398 g/mol. The Labute approximate surface area is 175 Å². The number of nitrogens with one attached hydrogen (secondary N) is 1. The predicted octanol–water partition coefficient (Wildman–Crippen LogP) is 4.14. The molecule has 4 heterocycles. The SMILES string of the molecule is O=c1cc(CSc2nc(NCc3ccco3)c3ccccc3n2)nc2ccccn12. The highest BCUT2D eigenvalue weighted by Gasteiger charge is 2.10. The van der Waals surface area contributed by atoms with Crippen LogP contribution in [0.3, 0.4) is 0 Å². The molecule has 0 fully saturated rings. The summed E-state index contributed by atoms with van der Waals surface area (Å²) >= 11 is 1.45. The minimum Gasteiger partial charge on any atom is -0.467 e. The summed E-state index contributed by atoms with van der Waals surface area (Å²) in [4.78, 5) is 26.2. The molecule has 148 valence electrons. The van der Waals surface area contributed by atoms with Gasteiger partial charge in [0.15, 0.2) is 5.16 Å². The Hall–Kier alpha value is -3.65. The van der Waals surface area contributed by atoms with Crippen molar-refractivity contribution in [1.82, 2.24) is 19.4 Å². The van der Waals surface area contributed by atoms with Crippen LogP contribution in [0.15, 0.2) is 87.5 Å². The lowest BCUT2D eigenvalue weighted by molar-refractivity contribution is 0.518. The first-order valence-corrected chi connectivity index (χ1v) is 10.4. The standard InChI is InChI=1S/C22H17N5O2S/c28-20-12-15(24-19-9-3-4-10-27(19)20)14-30-22-25-18-8-2-1-7-17(18)21(26-22)23-13-16-6-5-11-29-16/h1-12H,13-14H2,(H,23,25,26). The van der Waals surface area contributed by atoms with Crippen LogP contribution < -0.4 is 10.9 Å². The molecule has 0 bridgehead atoms. The summed E-state index contributed by atoms with van der Waals surface area (Å²) in [5, 5.41) is 4.89. The van der Waals surface area contributed by atoms with Gasteiger partial charge in [-0.3, -0.25) is 9.20 Å². The topological polar surface area (TPSA) is 85.3 Å². The second-order valence-corrected chi connectivity index (χ2v) is 7.55. The van der Waals surface area contributed by atoms with Gasteiger partial charge in [0, 0.05) is 23.4 Å². The first kappa shape index (κ1) is 18.4. The number of rotatable bonds is 6. The van der Waals surface area contributed by atoms with Crippen molar-refractivity contribution in [3.8, 4) is 0 Å².